The smallest absolute Gasteiger partial charge is 0.150 e. The standard InChI is InChI=1S/C16H15Cl2N3.C16H13Cl2N3/c2*17-13-3-1-12(2-4-13)11-19-16-9-10-21(20-16)15-7-5-14(18)6-8-15/h1-8H,9-11H2,(H,19,20);1-8,11H,9-10H2. The van der Waals surface area contributed by atoms with Crippen LogP contribution in [0.5, 0.6) is 0 Å². The van der Waals surface area contributed by atoms with Crippen LogP contribution < -0.4 is 15.4 Å². The summed E-state index contributed by atoms with van der Waals surface area (Å²) in [7, 11) is 0. The van der Waals surface area contributed by atoms with Gasteiger partial charge in [0.15, 0.2) is 5.84 Å². The molecule has 1 saturated heterocycles. The first kappa shape index (κ1) is 29.9. The largest absolute Gasteiger partial charge is 0.286 e. The van der Waals surface area contributed by atoms with E-state index in [4.69, 9.17) is 46.4 Å². The highest BCUT2D eigenvalue weighted by Crippen LogP contribution is 2.22. The fourth-order valence-electron chi connectivity index (χ4n) is 4.22. The van der Waals surface area contributed by atoms with Gasteiger partial charge in [-0.3, -0.25) is 20.4 Å². The first-order chi connectivity index (χ1) is 20.4. The number of halogens is 4. The van der Waals surface area contributed by atoms with Crippen molar-refractivity contribution in [1.82, 2.24) is 5.43 Å². The molecule has 1 N–H and O–H groups in total. The molecule has 6 rings (SSSR count). The maximum Gasteiger partial charge on any atom is 0.150 e. The van der Waals surface area contributed by atoms with Gasteiger partial charge in [0.25, 0.3) is 0 Å². The number of hydrazine groups is 1. The Morgan fingerprint density at radius 1 is 0.667 bits per heavy atom. The zero-order chi connectivity index (χ0) is 29.3. The Labute approximate surface area is 265 Å². The quantitative estimate of drug-likeness (QED) is 0.222. The molecule has 0 atom stereocenters. The van der Waals surface area contributed by atoms with Gasteiger partial charge in [0.1, 0.15) is 5.84 Å². The number of hydrazone groups is 1. The van der Waals surface area contributed by atoms with Crippen molar-refractivity contribution in [2.45, 2.75) is 19.4 Å². The zero-order valence-corrected chi connectivity index (χ0v) is 25.6. The van der Waals surface area contributed by atoms with Crippen molar-refractivity contribution in [1.29, 1.82) is 0 Å². The van der Waals surface area contributed by atoms with Crippen LogP contribution in [0.2, 0.25) is 20.1 Å². The first-order valence-corrected chi connectivity index (χ1v) is 14.9. The van der Waals surface area contributed by atoms with Crippen molar-refractivity contribution in [3.05, 3.63) is 128 Å². The second-order valence-electron chi connectivity index (χ2n) is 9.55. The van der Waals surface area contributed by atoms with Crippen LogP contribution >= 0.6 is 46.4 Å². The molecule has 2 aliphatic rings. The molecule has 0 amide bonds. The van der Waals surface area contributed by atoms with Crippen LogP contribution in [-0.2, 0) is 6.54 Å². The summed E-state index contributed by atoms with van der Waals surface area (Å²) in [6.07, 6.45) is 3.55. The molecule has 4 aromatic carbocycles. The van der Waals surface area contributed by atoms with Crippen LogP contribution in [0.3, 0.4) is 0 Å². The van der Waals surface area contributed by atoms with E-state index >= 15 is 0 Å². The highest BCUT2D eigenvalue weighted by Gasteiger charge is 2.17. The summed E-state index contributed by atoms with van der Waals surface area (Å²) in [4.78, 5) is 9.04. The van der Waals surface area contributed by atoms with E-state index in [2.05, 4.69) is 25.5 Å². The fourth-order valence-corrected chi connectivity index (χ4v) is 4.73. The molecule has 0 unspecified atom stereocenters. The summed E-state index contributed by atoms with van der Waals surface area (Å²) in [5.41, 5.74) is 7.60. The molecule has 0 saturated carbocycles. The predicted octanol–water partition coefficient (Wildman–Crippen LogP) is 8.94. The van der Waals surface area contributed by atoms with Crippen molar-refractivity contribution in [3.8, 4) is 0 Å². The first-order valence-electron chi connectivity index (χ1n) is 13.4. The lowest BCUT2D eigenvalue weighted by Crippen LogP contribution is -2.33. The van der Waals surface area contributed by atoms with Gasteiger partial charge in [0, 0.05) is 52.2 Å². The third-order valence-corrected chi connectivity index (χ3v) is 7.49. The number of hydrogen-bond acceptors (Lipinski definition) is 5. The van der Waals surface area contributed by atoms with Crippen molar-refractivity contribution >= 4 is 75.7 Å². The monoisotopic (exact) mass is 636 g/mol. The minimum Gasteiger partial charge on any atom is -0.286 e. The molecule has 0 spiro atoms. The topological polar surface area (TPSA) is 55.6 Å². The minimum absolute atomic E-state index is 0.661. The minimum atomic E-state index is 0.661. The summed E-state index contributed by atoms with van der Waals surface area (Å²) in [5.74, 6) is 1.82. The average Bonchev–Trinajstić information content (AvgIpc) is 3.68. The number of nitrogens with one attached hydrogen (secondary N) is 1. The van der Waals surface area contributed by atoms with Gasteiger partial charge in [-0.2, -0.15) is 5.10 Å². The summed E-state index contributed by atoms with van der Waals surface area (Å²) in [5, 5.41) is 11.5. The molecule has 42 heavy (non-hydrogen) atoms. The van der Waals surface area contributed by atoms with Crippen LogP contribution in [0.1, 0.15) is 24.0 Å². The van der Waals surface area contributed by atoms with E-state index in [0.717, 1.165) is 80.2 Å². The number of rotatable bonds is 5. The molecule has 6 nitrogen and oxygen atoms in total. The lowest BCUT2D eigenvalue weighted by Gasteiger charge is -2.17. The van der Waals surface area contributed by atoms with Crippen LogP contribution in [0.4, 0.5) is 11.4 Å². The number of anilines is 2. The lowest BCUT2D eigenvalue weighted by atomic mass is 10.2. The predicted molar refractivity (Wildman–Crippen MR) is 179 cm³/mol. The molecule has 0 bridgehead atoms. The number of nitrogens with zero attached hydrogens (tertiary/aromatic N) is 5. The van der Waals surface area contributed by atoms with Gasteiger partial charge in [-0.1, -0.05) is 70.7 Å². The molecule has 1 fully saturated rings. The van der Waals surface area contributed by atoms with E-state index in [0.29, 0.717) is 6.54 Å². The fraction of sp³-hybridized carbons (Fsp3) is 0.156. The lowest BCUT2D eigenvalue weighted by molar-refractivity contribution is 0.855. The van der Waals surface area contributed by atoms with Crippen molar-refractivity contribution in [2.24, 2.45) is 15.1 Å². The third kappa shape index (κ3) is 8.73. The molecule has 10 heteroatoms. The zero-order valence-electron chi connectivity index (χ0n) is 22.6. The summed E-state index contributed by atoms with van der Waals surface area (Å²) in [6, 6.07) is 30.7. The number of benzene rings is 4. The molecular formula is C32H28Cl4N6. The second-order valence-corrected chi connectivity index (χ2v) is 11.3. The Hall–Kier alpha value is -3.55. The average molecular weight is 638 g/mol. The highest BCUT2D eigenvalue weighted by molar-refractivity contribution is 6.31. The number of amidine groups is 2. The highest BCUT2D eigenvalue weighted by atomic mass is 35.5. The van der Waals surface area contributed by atoms with Crippen LogP contribution in [0.15, 0.2) is 112 Å². The SMILES string of the molecule is Clc1ccc(C=NC2=NN(c3ccc(Cl)cc3)CC2)cc1.Clc1ccc(CN=C2CCN(c3ccc(Cl)cc3)N2)cc1. The summed E-state index contributed by atoms with van der Waals surface area (Å²) in [6.45, 7) is 2.39. The van der Waals surface area contributed by atoms with Gasteiger partial charge < -0.3 is 0 Å². The Morgan fingerprint density at radius 2 is 1.21 bits per heavy atom. The van der Waals surface area contributed by atoms with E-state index in [-0.39, 0.29) is 0 Å². The van der Waals surface area contributed by atoms with Gasteiger partial charge in [0.05, 0.1) is 17.9 Å². The Kier molecular flexibility index (Phi) is 10.4. The van der Waals surface area contributed by atoms with E-state index in [1.54, 1.807) is 6.21 Å². The molecule has 0 aliphatic carbocycles. The summed E-state index contributed by atoms with van der Waals surface area (Å²) >= 11 is 23.5. The van der Waals surface area contributed by atoms with Crippen LogP contribution in [-0.4, -0.2) is 31.0 Å². The number of hydrogen-bond donors (Lipinski definition) is 1. The van der Waals surface area contributed by atoms with Crippen molar-refractivity contribution < 1.29 is 0 Å². The van der Waals surface area contributed by atoms with Gasteiger partial charge in [0.2, 0.25) is 0 Å². The van der Waals surface area contributed by atoms with E-state index in [1.165, 1.54) is 0 Å². The van der Waals surface area contributed by atoms with Gasteiger partial charge in [-0.15, -0.1) is 0 Å². The molecule has 4 aromatic rings. The Balaban J connectivity index is 0.000000168. The van der Waals surface area contributed by atoms with Gasteiger partial charge in [-0.25, -0.2) is 4.99 Å². The molecule has 2 heterocycles. The van der Waals surface area contributed by atoms with E-state index < -0.39 is 0 Å². The summed E-state index contributed by atoms with van der Waals surface area (Å²) < 4.78 is 0. The maximum atomic E-state index is 5.90. The Bertz CT molecular complexity index is 1550. The third-order valence-electron chi connectivity index (χ3n) is 6.48. The second kappa shape index (κ2) is 14.6. The molecule has 214 valence electrons. The maximum absolute atomic E-state index is 5.90. The number of aliphatic imine (C=N–C) groups is 2. The van der Waals surface area contributed by atoms with E-state index in [1.807, 2.05) is 102 Å². The molecular weight excluding hydrogens is 610 g/mol. The van der Waals surface area contributed by atoms with Gasteiger partial charge in [-0.05, 0) is 83.9 Å². The Morgan fingerprint density at radius 3 is 1.83 bits per heavy atom. The van der Waals surface area contributed by atoms with E-state index in [9.17, 15) is 0 Å². The van der Waals surface area contributed by atoms with Gasteiger partial charge >= 0.3 is 0 Å². The van der Waals surface area contributed by atoms with Crippen LogP contribution in [0.25, 0.3) is 0 Å². The molecule has 0 aromatic heterocycles. The molecule has 0 radical (unpaired) electrons. The van der Waals surface area contributed by atoms with Crippen LogP contribution in [0, 0.1) is 0 Å². The normalized spacial score (nSPS) is 15.5. The van der Waals surface area contributed by atoms with Crippen molar-refractivity contribution in [2.75, 3.05) is 23.1 Å². The van der Waals surface area contributed by atoms with Crippen molar-refractivity contribution in [3.63, 3.8) is 0 Å². The molecule has 2 aliphatic heterocycles.